The van der Waals surface area contributed by atoms with Gasteiger partial charge in [-0.1, -0.05) is 162 Å². The first-order chi connectivity index (χ1) is 25.3. The fourth-order valence-electron chi connectivity index (χ4n) is 6.95. The van der Waals surface area contributed by atoms with Crippen LogP contribution < -0.4 is 5.32 Å². The smallest absolute Gasteiger partial charge is 0.393 e. The van der Waals surface area contributed by atoms with Gasteiger partial charge < -0.3 is 46.0 Å². The topological polar surface area (TPSA) is 226 Å². The molecule has 1 fully saturated rings. The summed E-state index contributed by atoms with van der Waals surface area (Å²) in [5.41, 5.74) is 0. The number of amides is 1. The number of nitrogens with one attached hydrogen (secondary N) is 1. The molecule has 9 N–H and O–H groups in total. The number of aliphatic hydroxyl groups is 7. The Morgan fingerprint density at radius 3 is 1.36 bits per heavy atom. The van der Waals surface area contributed by atoms with Crippen LogP contribution in [0.1, 0.15) is 181 Å². The Bertz CT molecular complexity index is 932. The number of rotatable bonds is 34. The maximum atomic E-state index is 12.9. The molecular weight excluding hydrogens is 705 g/mol. The van der Waals surface area contributed by atoms with Gasteiger partial charge in [0.1, 0.15) is 36.6 Å². The van der Waals surface area contributed by atoms with Crippen molar-refractivity contribution in [3.05, 3.63) is 0 Å². The molecule has 0 aromatic rings. The van der Waals surface area contributed by atoms with Crippen molar-refractivity contribution in [2.24, 2.45) is 0 Å². The Hall–Kier alpha value is -0.700. The number of aliphatic hydroxyl groups excluding tert-OH is 7. The number of unbranched alkanes of at least 4 members (excludes halogenated alkanes) is 21. The third kappa shape index (κ3) is 23.2. The molecule has 8 unspecified atom stereocenters. The average Bonchev–Trinajstić information content (AvgIpc) is 3.12. The molecule has 0 saturated heterocycles. The summed E-state index contributed by atoms with van der Waals surface area (Å²) in [7, 11) is -5.10. The lowest BCUT2D eigenvalue weighted by Gasteiger charge is -2.41. The fourth-order valence-corrected chi connectivity index (χ4v) is 7.92. The Balaban J connectivity index is 2.58. The predicted molar refractivity (Wildman–Crippen MR) is 206 cm³/mol. The van der Waals surface area contributed by atoms with E-state index >= 15 is 0 Å². The van der Waals surface area contributed by atoms with Crippen molar-refractivity contribution in [2.45, 2.75) is 236 Å². The molecule has 0 bridgehead atoms. The van der Waals surface area contributed by atoms with E-state index in [1.165, 1.54) is 89.9 Å². The van der Waals surface area contributed by atoms with E-state index in [1.807, 2.05) is 0 Å². The van der Waals surface area contributed by atoms with Crippen molar-refractivity contribution in [3.63, 3.8) is 0 Å². The molecule has 1 amide bonds. The molecule has 0 aliphatic heterocycles. The highest BCUT2D eigenvalue weighted by atomic mass is 31.2. The lowest BCUT2D eigenvalue weighted by atomic mass is 9.85. The van der Waals surface area contributed by atoms with Crippen LogP contribution in [0.25, 0.3) is 0 Å². The van der Waals surface area contributed by atoms with Crippen LogP contribution in [0.2, 0.25) is 0 Å². The first-order valence-corrected chi connectivity index (χ1v) is 22.6. The lowest BCUT2D eigenvalue weighted by molar-refractivity contribution is -0.220. The number of phosphoric ester groups is 1. The Kier molecular flexibility index (Phi) is 28.9. The van der Waals surface area contributed by atoms with Crippen LogP contribution in [0.5, 0.6) is 0 Å². The quantitative estimate of drug-likeness (QED) is 0.0283. The van der Waals surface area contributed by atoms with Crippen LogP contribution >= 0.6 is 7.82 Å². The fraction of sp³-hybridized carbons (Fsp3) is 0.974. The normalized spacial score (nSPS) is 24.8. The van der Waals surface area contributed by atoms with Crippen LogP contribution in [-0.2, 0) is 18.4 Å². The first-order valence-electron chi connectivity index (χ1n) is 21.1. The largest absolute Gasteiger partial charge is 0.472 e. The van der Waals surface area contributed by atoms with Gasteiger partial charge in [0.15, 0.2) is 0 Å². The number of carbonyl (C=O) groups excluding carboxylic acids is 1. The molecule has 14 heteroatoms. The van der Waals surface area contributed by atoms with E-state index in [4.69, 9.17) is 9.05 Å². The Labute approximate surface area is 319 Å². The molecule has 0 aromatic carbocycles. The highest BCUT2D eigenvalue weighted by Crippen LogP contribution is 2.47. The molecule has 1 aliphatic rings. The minimum atomic E-state index is -5.10. The van der Waals surface area contributed by atoms with Crippen molar-refractivity contribution < 1.29 is 59.0 Å². The van der Waals surface area contributed by atoms with E-state index in [9.17, 15) is 50.0 Å². The zero-order chi connectivity index (χ0) is 39.5. The van der Waals surface area contributed by atoms with E-state index < -0.39 is 75.2 Å². The second-order valence-corrected chi connectivity index (χ2v) is 16.8. The Morgan fingerprint density at radius 2 is 0.943 bits per heavy atom. The van der Waals surface area contributed by atoms with Crippen LogP contribution in [0, 0.1) is 0 Å². The number of hydrogen-bond donors (Lipinski definition) is 9. The van der Waals surface area contributed by atoms with Crippen molar-refractivity contribution in [3.8, 4) is 0 Å². The molecule has 1 saturated carbocycles. The molecule has 8 atom stereocenters. The minimum absolute atomic E-state index is 0.217. The number of hydrogen-bond acceptors (Lipinski definition) is 11. The Morgan fingerprint density at radius 1 is 0.585 bits per heavy atom. The van der Waals surface area contributed by atoms with Gasteiger partial charge in [0.25, 0.3) is 0 Å². The van der Waals surface area contributed by atoms with E-state index in [2.05, 4.69) is 19.2 Å². The summed E-state index contributed by atoms with van der Waals surface area (Å²) >= 11 is 0. The summed E-state index contributed by atoms with van der Waals surface area (Å²) in [5, 5.41) is 74.3. The maximum absolute atomic E-state index is 12.9. The summed E-state index contributed by atoms with van der Waals surface area (Å²) < 4.78 is 22.8. The second kappa shape index (κ2) is 30.4. The van der Waals surface area contributed by atoms with Gasteiger partial charge in [0, 0.05) is 0 Å². The minimum Gasteiger partial charge on any atom is -0.393 e. The highest BCUT2D eigenvalue weighted by Gasteiger charge is 2.51. The SMILES string of the molecule is CCCCCCCCCCCCCCC(O)CC(=O)NC(COP(=O)(O)OC1C(O)C(O)C(O)C(O)C1O)C(O)CCCCCCCCCCCCC. The van der Waals surface area contributed by atoms with E-state index in [1.54, 1.807) is 0 Å². The molecular formula is C39H78NO12P. The van der Waals surface area contributed by atoms with Gasteiger partial charge in [-0.15, -0.1) is 0 Å². The predicted octanol–water partition coefficient (Wildman–Crippen LogP) is 5.70. The van der Waals surface area contributed by atoms with Gasteiger partial charge in [0.05, 0.1) is 31.3 Å². The summed E-state index contributed by atoms with van der Waals surface area (Å²) in [6.45, 7) is 3.75. The van der Waals surface area contributed by atoms with E-state index in [-0.39, 0.29) is 12.8 Å². The highest BCUT2D eigenvalue weighted by molar-refractivity contribution is 7.47. The molecule has 53 heavy (non-hydrogen) atoms. The van der Waals surface area contributed by atoms with Crippen molar-refractivity contribution in [1.82, 2.24) is 5.32 Å². The monoisotopic (exact) mass is 784 g/mol. The van der Waals surface area contributed by atoms with Crippen LogP contribution in [0.4, 0.5) is 0 Å². The number of phosphoric acid groups is 1. The van der Waals surface area contributed by atoms with Gasteiger partial charge in [-0.25, -0.2) is 4.57 Å². The number of carbonyl (C=O) groups is 1. The van der Waals surface area contributed by atoms with Crippen molar-refractivity contribution in [1.29, 1.82) is 0 Å². The molecule has 316 valence electrons. The maximum Gasteiger partial charge on any atom is 0.472 e. The summed E-state index contributed by atoms with van der Waals surface area (Å²) in [6.07, 6.45) is 13.1. The van der Waals surface area contributed by atoms with Crippen LogP contribution in [-0.4, -0.2) is 108 Å². The standard InChI is InChI=1S/C39H78NO12P/c1-3-5-7-9-11-13-15-17-18-20-22-24-26-30(41)28-33(43)40-31(32(42)27-25-23-21-19-16-14-12-10-8-6-4-2)29-51-53(49,50)52-39-37(47)35(45)34(44)36(46)38(39)48/h30-32,34-39,41-42,44-48H,3-29H2,1-2H3,(H,40,43)(H,49,50). The van der Waals surface area contributed by atoms with E-state index in [0.29, 0.717) is 12.8 Å². The summed E-state index contributed by atoms with van der Waals surface area (Å²) in [6, 6.07) is -1.15. The van der Waals surface area contributed by atoms with Gasteiger partial charge in [-0.05, 0) is 12.8 Å². The molecule has 0 radical (unpaired) electrons. The van der Waals surface area contributed by atoms with Crippen LogP contribution in [0.3, 0.4) is 0 Å². The molecule has 0 heterocycles. The third-order valence-corrected chi connectivity index (χ3v) is 11.5. The van der Waals surface area contributed by atoms with Gasteiger partial charge in [-0.2, -0.15) is 0 Å². The average molecular weight is 784 g/mol. The van der Waals surface area contributed by atoms with Crippen molar-refractivity contribution >= 4 is 13.7 Å². The zero-order valence-electron chi connectivity index (χ0n) is 32.9. The molecule has 1 aliphatic carbocycles. The van der Waals surface area contributed by atoms with E-state index in [0.717, 1.165) is 51.4 Å². The molecule has 1 rings (SSSR count). The van der Waals surface area contributed by atoms with Gasteiger partial charge >= 0.3 is 7.82 Å². The zero-order valence-corrected chi connectivity index (χ0v) is 33.8. The second-order valence-electron chi connectivity index (χ2n) is 15.4. The molecule has 13 nitrogen and oxygen atoms in total. The lowest BCUT2D eigenvalue weighted by Crippen LogP contribution is -2.64. The van der Waals surface area contributed by atoms with Crippen LogP contribution in [0.15, 0.2) is 0 Å². The summed E-state index contributed by atoms with van der Waals surface area (Å²) in [5.74, 6) is -0.560. The summed E-state index contributed by atoms with van der Waals surface area (Å²) in [4.78, 5) is 23.3. The third-order valence-electron chi connectivity index (χ3n) is 10.5. The van der Waals surface area contributed by atoms with Crippen molar-refractivity contribution in [2.75, 3.05) is 6.61 Å². The van der Waals surface area contributed by atoms with Gasteiger partial charge in [-0.3, -0.25) is 13.8 Å². The van der Waals surface area contributed by atoms with Gasteiger partial charge in [0.2, 0.25) is 5.91 Å². The first kappa shape index (κ1) is 50.3. The molecule has 0 aromatic heterocycles. The molecule has 0 spiro atoms.